The number of rotatable bonds is 3. The molecule has 0 aliphatic rings. The van der Waals surface area contributed by atoms with Crippen LogP contribution in [0.25, 0.3) is 0 Å². The van der Waals surface area contributed by atoms with E-state index in [1.54, 1.807) is 6.07 Å². The highest BCUT2D eigenvalue weighted by atomic mass is 19.4. The van der Waals surface area contributed by atoms with Gasteiger partial charge in [-0.2, -0.15) is 13.2 Å². The molecular weight excluding hydrogens is 221 g/mol. The normalized spacial score (nSPS) is 11.2. The van der Waals surface area contributed by atoms with Crippen LogP contribution in [-0.2, 0) is 12.6 Å². The molecule has 0 saturated carbocycles. The maximum absolute atomic E-state index is 12.3. The molecule has 3 N–H and O–H groups in total. The fourth-order valence-electron chi connectivity index (χ4n) is 1.23. The smallest absolute Gasteiger partial charge is 0.352 e. The Balaban J connectivity index is 2.64. The average Bonchev–Trinajstić information content (AvgIpc) is 2.16. The van der Waals surface area contributed by atoms with Gasteiger partial charge in [-0.15, -0.1) is 0 Å². The molecular formula is C10H11F3N2O. The minimum absolute atomic E-state index is 0.219. The van der Waals surface area contributed by atoms with Crippen molar-refractivity contribution in [1.82, 2.24) is 5.32 Å². The fraction of sp³-hybridized carbons (Fsp3) is 0.300. The van der Waals surface area contributed by atoms with Crippen molar-refractivity contribution in [2.45, 2.75) is 12.6 Å². The number of urea groups is 1. The number of benzene rings is 1. The lowest BCUT2D eigenvalue weighted by Gasteiger charge is -2.08. The number of halogens is 3. The Hall–Kier alpha value is -1.72. The number of hydrogen-bond donors (Lipinski definition) is 2. The molecule has 0 aliphatic carbocycles. The molecule has 2 amide bonds. The van der Waals surface area contributed by atoms with Crippen LogP contribution in [0.1, 0.15) is 11.1 Å². The maximum atomic E-state index is 12.3. The van der Waals surface area contributed by atoms with E-state index in [0.29, 0.717) is 12.0 Å². The number of amides is 2. The largest absolute Gasteiger partial charge is 0.416 e. The molecule has 0 atom stereocenters. The van der Waals surface area contributed by atoms with Gasteiger partial charge in [-0.3, -0.25) is 0 Å². The second-order valence-corrected chi connectivity index (χ2v) is 3.24. The second-order valence-electron chi connectivity index (χ2n) is 3.24. The third kappa shape index (κ3) is 3.80. The van der Waals surface area contributed by atoms with Gasteiger partial charge in [-0.1, -0.05) is 18.2 Å². The molecule has 88 valence electrons. The van der Waals surface area contributed by atoms with Crippen LogP contribution in [0.3, 0.4) is 0 Å². The predicted octanol–water partition coefficient (Wildman–Crippen LogP) is 1.92. The monoisotopic (exact) mass is 232 g/mol. The molecule has 0 fully saturated rings. The van der Waals surface area contributed by atoms with E-state index in [1.165, 1.54) is 6.07 Å². The van der Waals surface area contributed by atoms with Crippen molar-refractivity contribution in [3.63, 3.8) is 0 Å². The molecule has 0 radical (unpaired) electrons. The molecule has 0 saturated heterocycles. The standard InChI is InChI=1S/C10H11F3N2O/c11-10(12,13)8-3-1-2-7(6-8)4-5-15-9(14)16/h1-3,6H,4-5H2,(H3,14,15,16). The molecule has 1 aromatic carbocycles. The quantitative estimate of drug-likeness (QED) is 0.821. The number of alkyl halides is 3. The summed E-state index contributed by atoms with van der Waals surface area (Å²) < 4.78 is 37.0. The van der Waals surface area contributed by atoms with Crippen LogP contribution in [0.4, 0.5) is 18.0 Å². The van der Waals surface area contributed by atoms with Crippen LogP contribution in [0, 0.1) is 0 Å². The molecule has 6 heteroatoms. The first-order chi connectivity index (χ1) is 7.39. The van der Waals surface area contributed by atoms with Crippen LogP contribution in [-0.4, -0.2) is 12.6 Å². The van der Waals surface area contributed by atoms with Gasteiger partial charge in [0.15, 0.2) is 0 Å². The number of hydrogen-bond acceptors (Lipinski definition) is 1. The molecule has 0 aromatic heterocycles. The van der Waals surface area contributed by atoms with Gasteiger partial charge in [0.25, 0.3) is 0 Å². The third-order valence-electron chi connectivity index (χ3n) is 1.97. The van der Waals surface area contributed by atoms with E-state index in [1.807, 2.05) is 0 Å². The van der Waals surface area contributed by atoms with Gasteiger partial charge in [0.05, 0.1) is 5.56 Å². The van der Waals surface area contributed by atoms with Crippen LogP contribution in [0.15, 0.2) is 24.3 Å². The van der Waals surface area contributed by atoms with Gasteiger partial charge >= 0.3 is 12.2 Å². The lowest BCUT2D eigenvalue weighted by Crippen LogP contribution is -2.30. The molecule has 0 aliphatic heterocycles. The zero-order valence-corrected chi connectivity index (χ0v) is 8.34. The summed E-state index contributed by atoms with van der Waals surface area (Å²) in [6.07, 6.45) is -4.03. The fourth-order valence-corrected chi connectivity index (χ4v) is 1.23. The van der Waals surface area contributed by atoms with Crippen LogP contribution in [0.5, 0.6) is 0 Å². The predicted molar refractivity (Wildman–Crippen MR) is 52.7 cm³/mol. The van der Waals surface area contributed by atoms with Gasteiger partial charge in [0, 0.05) is 6.54 Å². The molecule has 16 heavy (non-hydrogen) atoms. The summed E-state index contributed by atoms with van der Waals surface area (Å²) in [5.74, 6) is 0. The molecule has 0 spiro atoms. The minimum Gasteiger partial charge on any atom is -0.352 e. The summed E-state index contributed by atoms with van der Waals surface area (Å²) in [5, 5.41) is 2.31. The summed E-state index contributed by atoms with van der Waals surface area (Å²) in [4.78, 5) is 10.3. The average molecular weight is 232 g/mol. The lowest BCUT2D eigenvalue weighted by atomic mass is 10.1. The topological polar surface area (TPSA) is 55.1 Å². The van der Waals surface area contributed by atoms with Crippen LogP contribution < -0.4 is 11.1 Å². The Morgan fingerprint density at radius 1 is 1.38 bits per heavy atom. The Kier molecular flexibility index (Phi) is 3.76. The minimum atomic E-state index is -4.34. The molecule has 0 unspecified atom stereocenters. The summed E-state index contributed by atoms with van der Waals surface area (Å²) in [6.45, 7) is 0.219. The first kappa shape index (κ1) is 12.4. The van der Waals surface area contributed by atoms with Gasteiger partial charge in [-0.25, -0.2) is 4.79 Å². The van der Waals surface area contributed by atoms with E-state index in [-0.39, 0.29) is 6.54 Å². The van der Waals surface area contributed by atoms with Crippen molar-refractivity contribution in [3.8, 4) is 0 Å². The van der Waals surface area contributed by atoms with E-state index in [4.69, 9.17) is 5.73 Å². The third-order valence-corrected chi connectivity index (χ3v) is 1.97. The van der Waals surface area contributed by atoms with Crippen LogP contribution >= 0.6 is 0 Å². The first-order valence-electron chi connectivity index (χ1n) is 4.59. The van der Waals surface area contributed by atoms with E-state index < -0.39 is 17.8 Å². The summed E-state index contributed by atoms with van der Waals surface area (Å²) in [5.41, 5.74) is 4.64. The number of carbonyl (C=O) groups is 1. The van der Waals surface area contributed by atoms with E-state index in [9.17, 15) is 18.0 Å². The van der Waals surface area contributed by atoms with Crippen molar-refractivity contribution < 1.29 is 18.0 Å². The maximum Gasteiger partial charge on any atom is 0.416 e. The second kappa shape index (κ2) is 4.87. The van der Waals surface area contributed by atoms with Gasteiger partial charge in [-0.05, 0) is 18.1 Å². The SMILES string of the molecule is NC(=O)NCCc1cccc(C(F)(F)F)c1. The highest BCUT2D eigenvalue weighted by Crippen LogP contribution is 2.29. The van der Waals surface area contributed by atoms with Crippen molar-refractivity contribution in [2.75, 3.05) is 6.54 Å². The van der Waals surface area contributed by atoms with Gasteiger partial charge in [0.2, 0.25) is 0 Å². The number of carbonyl (C=O) groups excluding carboxylic acids is 1. The zero-order valence-electron chi connectivity index (χ0n) is 8.34. The molecule has 1 rings (SSSR count). The lowest BCUT2D eigenvalue weighted by molar-refractivity contribution is -0.137. The molecule has 3 nitrogen and oxygen atoms in total. The number of nitrogens with one attached hydrogen (secondary N) is 1. The number of primary amides is 1. The van der Waals surface area contributed by atoms with Crippen molar-refractivity contribution in [1.29, 1.82) is 0 Å². The van der Waals surface area contributed by atoms with Crippen molar-refractivity contribution >= 4 is 6.03 Å². The first-order valence-corrected chi connectivity index (χ1v) is 4.59. The Labute approximate surface area is 90.4 Å². The van der Waals surface area contributed by atoms with Crippen molar-refractivity contribution in [2.24, 2.45) is 5.73 Å². The zero-order chi connectivity index (χ0) is 12.2. The van der Waals surface area contributed by atoms with E-state index >= 15 is 0 Å². The Morgan fingerprint density at radius 2 is 2.06 bits per heavy atom. The van der Waals surface area contributed by atoms with E-state index in [2.05, 4.69) is 5.32 Å². The Morgan fingerprint density at radius 3 is 2.62 bits per heavy atom. The van der Waals surface area contributed by atoms with Crippen LogP contribution in [0.2, 0.25) is 0 Å². The highest BCUT2D eigenvalue weighted by molar-refractivity contribution is 5.71. The highest BCUT2D eigenvalue weighted by Gasteiger charge is 2.30. The van der Waals surface area contributed by atoms with E-state index in [0.717, 1.165) is 12.1 Å². The van der Waals surface area contributed by atoms with Crippen molar-refractivity contribution in [3.05, 3.63) is 35.4 Å². The summed E-state index contributed by atoms with van der Waals surface area (Å²) in [7, 11) is 0. The molecule has 1 aromatic rings. The Bertz CT molecular complexity index is 377. The van der Waals surface area contributed by atoms with Gasteiger partial charge < -0.3 is 11.1 Å². The van der Waals surface area contributed by atoms with Gasteiger partial charge in [0.1, 0.15) is 0 Å². The summed E-state index contributed by atoms with van der Waals surface area (Å²) in [6, 6.07) is 4.28. The number of nitrogens with two attached hydrogens (primary N) is 1. The molecule has 0 bridgehead atoms. The molecule has 0 heterocycles. The summed E-state index contributed by atoms with van der Waals surface area (Å²) >= 11 is 0.